The van der Waals surface area contributed by atoms with Gasteiger partial charge in [-0.3, -0.25) is 4.79 Å². The summed E-state index contributed by atoms with van der Waals surface area (Å²) in [6.07, 6.45) is 3.84. The molecule has 0 aromatic heterocycles. The van der Waals surface area contributed by atoms with Crippen molar-refractivity contribution in [3.05, 3.63) is 75.8 Å². The fourth-order valence-corrected chi connectivity index (χ4v) is 8.02. The second-order valence-corrected chi connectivity index (χ2v) is 14.1. The molecule has 3 aromatic rings. The van der Waals surface area contributed by atoms with Gasteiger partial charge in [-0.05, 0) is 106 Å². The highest BCUT2D eigenvalue weighted by molar-refractivity contribution is 9.10. The zero-order valence-corrected chi connectivity index (χ0v) is 27.1. The summed E-state index contributed by atoms with van der Waals surface area (Å²) in [6, 6.07) is 14.5. The van der Waals surface area contributed by atoms with Crippen LogP contribution in [0.1, 0.15) is 48.8 Å². The van der Waals surface area contributed by atoms with E-state index in [9.17, 15) is 18.0 Å². The number of sulfonamides is 1. The van der Waals surface area contributed by atoms with Crippen molar-refractivity contribution in [1.29, 1.82) is 0 Å². The van der Waals surface area contributed by atoms with Gasteiger partial charge in [0.15, 0.2) is 5.75 Å². The van der Waals surface area contributed by atoms with Crippen molar-refractivity contribution in [3.63, 3.8) is 0 Å². The fourth-order valence-electron chi connectivity index (χ4n) is 5.79. The van der Waals surface area contributed by atoms with E-state index >= 15 is 0 Å². The minimum absolute atomic E-state index is 0.0717. The van der Waals surface area contributed by atoms with Crippen LogP contribution >= 0.6 is 15.9 Å². The number of carbonyl (C=O) groups is 2. The molecule has 5 rings (SSSR count). The first kappa shape index (κ1) is 31.0. The lowest BCUT2D eigenvalue weighted by Crippen LogP contribution is -2.53. The Kier molecular flexibility index (Phi) is 9.43. The number of benzene rings is 3. The summed E-state index contributed by atoms with van der Waals surface area (Å²) >= 11 is 3.51. The van der Waals surface area contributed by atoms with Crippen molar-refractivity contribution in [3.8, 4) is 11.5 Å². The topological polar surface area (TPSA) is 108 Å². The molecule has 11 heteroatoms. The Labute approximate surface area is 261 Å². The first-order chi connectivity index (χ1) is 20.5. The van der Waals surface area contributed by atoms with E-state index in [-0.39, 0.29) is 22.2 Å². The molecule has 228 valence electrons. The Morgan fingerprint density at radius 3 is 2.35 bits per heavy atom. The van der Waals surface area contributed by atoms with E-state index in [2.05, 4.69) is 26.6 Å². The molecule has 2 aliphatic heterocycles. The van der Waals surface area contributed by atoms with Gasteiger partial charge in [0.1, 0.15) is 11.8 Å². The van der Waals surface area contributed by atoms with Gasteiger partial charge in [-0.25, -0.2) is 13.2 Å². The van der Waals surface area contributed by atoms with Crippen LogP contribution in [-0.4, -0.2) is 50.3 Å². The van der Waals surface area contributed by atoms with Gasteiger partial charge in [0.25, 0.3) is 0 Å². The third-order valence-corrected chi connectivity index (χ3v) is 10.2. The zero-order valence-electron chi connectivity index (χ0n) is 24.7. The maximum absolute atomic E-state index is 13.6. The molecule has 2 heterocycles. The summed E-state index contributed by atoms with van der Waals surface area (Å²) in [5, 5.41) is 5.60. The third-order valence-electron chi connectivity index (χ3n) is 7.84. The fraction of sp³-hybridized carbons (Fsp3) is 0.375. The van der Waals surface area contributed by atoms with Gasteiger partial charge in [0, 0.05) is 29.8 Å². The number of amides is 3. The maximum Gasteiger partial charge on any atom is 0.319 e. The molecular formula is C32H37BrN4O5S. The Bertz CT molecular complexity index is 1620. The summed E-state index contributed by atoms with van der Waals surface area (Å²) in [4.78, 5) is 28.7. The number of urea groups is 1. The van der Waals surface area contributed by atoms with Crippen LogP contribution in [0.4, 0.5) is 16.2 Å². The number of nitrogens with one attached hydrogen (secondary N) is 2. The highest BCUT2D eigenvalue weighted by Gasteiger charge is 2.33. The van der Waals surface area contributed by atoms with Crippen LogP contribution in [0.3, 0.4) is 0 Å². The molecule has 3 amide bonds. The molecule has 0 saturated carbocycles. The predicted molar refractivity (Wildman–Crippen MR) is 171 cm³/mol. The van der Waals surface area contributed by atoms with Gasteiger partial charge in [-0.2, -0.15) is 4.31 Å². The minimum atomic E-state index is -3.76. The van der Waals surface area contributed by atoms with E-state index in [4.69, 9.17) is 4.74 Å². The second kappa shape index (κ2) is 13.1. The lowest BCUT2D eigenvalue weighted by Gasteiger charge is -2.34. The Hall–Kier alpha value is -3.41. The molecule has 0 radical (unpaired) electrons. The lowest BCUT2D eigenvalue weighted by molar-refractivity contribution is -0.121. The van der Waals surface area contributed by atoms with E-state index in [1.165, 1.54) is 16.4 Å². The standard InChI is InChI=1S/C32H37BrN4O5S/c1-21-9-7-10-25(17-21)42-29-13-12-26(43(40,41)36-14-5-4-6-15-36)20-28(29)35-32(39)34-27-11-8-16-37(31(27)38)30-22(2)18-24(33)19-23(30)3/h7,9-10,12-13,17-20,27H,4-6,8,11,14-16H2,1-3H3,(H2,34,35,39). The zero-order chi connectivity index (χ0) is 30.7. The van der Waals surface area contributed by atoms with E-state index < -0.39 is 22.1 Å². The third kappa shape index (κ3) is 7.05. The summed E-state index contributed by atoms with van der Waals surface area (Å²) in [7, 11) is -3.76. The predicted octanol–water partition coefficient (Wildman–Crippen LogP) is 6.66. The van der Waals surface area contributed by atoms with Crippen molar-refractivity contribution in [2.24, 2.45) is 0 Å². The smallest absolute Gasteiger partial charge is 0.319 e. The lowest BCUT2D eigenvalue weighted by atomic mass is 10.0. The molecule has 0 aliphatic carbocycles. The molecule has 0 bridgehead atoms. The van der Waals surface area contributed by atoms with Crippen LogP contribution in [0.5, 0.6) is 11.5 Å². The molecule has 1 atom stereocenters. The summed E-state index contributed by atoms with van der Waals surface area (Å²) < 4.78 is 35.4. The number of anilines is 2. The molecule has 2 aliphatic rings. The number of rotatable bonds is 7. The molecule has 3 aromatic carbocycles. The van der Waals surface area contributed by atoms with Crippen molar-refractivity contribution < 1.29 is 22.7 Å². The average Bonchev–Trinajstić information content (AvgIpc) is 2.96. The van der Waals surface area contributed by atoms with Crippen molar-refractivity contribution in [2.75, 3.05) is 29.9 Å². The first-order valence-corrected chi connectivity index (χ1v) is 16.8. The second-order valence-electron chi connectivity index (χ2n) is 11.2. The van der Waals surface area contributed by atoms with Crippen LogP contribution in [0.25, 0.3) is 0 Å². The average molecular weight is 670 g/mol. The van der Waals surface area contributed by atoms with E-state index in [1.54, 1.807) is 17.0 Å². The highest BCUT2D eigenvalue weighted by Crippen LogP contribution is 2.34. The van der Waals surface area contributed by atoms with Crippen molar-refractivity contribution in [1.82, 2.24) is 9.62 Å². The number of hydrogen-bond acceptors (Lipinski definition) is 5. The molecule has 2 saturated heterocycles. The van der Waals surface area contributed by atoms with Gasteiger partial charge in [0.05, 0.1) is 10.6 Å². The van der Waals surface area contributed by atoms with Crippen LogP contribution in [-0.2, 0) is 14.8 Å². The maximum atomic E-state index is 13.6. The Morgan fingerprint density at radius 2 is 1.65 bits per heavy atom. The van der Waals surface area contributed by atoms with Gasteiger partial charge in [-0.15, -0.1) is 0 Å². The normalized spacial score (nSPS) is 17.9. The Morgan fingerprint density at radius 1 is 0.930 bits per heavy atom. The minimum Gasteiger partial charge on any atom is -0.455 e. The number of hydrogen-bond donors (Lipinski definition) is 2. The van der Waals surface area contributed by atoms with Crippen LogP contribution < -0.4 is 20.3 Å². The largest absolute Gasteiger partial charge is 0.455 e. The Balaban J connectivity index is 1.39. The monoisotopic (exact) mass is 668 g/mol. The van der Waals surface area contributed by atoms with Crippen LogP contribution in [0.15, 0.2) is 64.0 Å². The van der Waals surface area contributed by atoms with E-state index in [1.807, 2.05) is 51.1 Å². The molecule has 1 unspecified atom stereocenters. The molecule has 43 heavy (non-hydrogen) atoms. The quantitative estimate of drug-likeness (QED) is 0.293. The number of halogens is 1. The number of piperidine rings is 2. The molecule has 2 N–H and O–H groups in total. The van der Waals surface area contributed by atoms with Crippen molar-refractivity contribution in [2.45, 2.75) is 63.8 Å². The van der Waals surface area contributed by atoms with Gasteiger partial charge in [-0.1, -0.05) is 34.5 Å². The summed E-state index contributed by atoms with van der Waals surface area (Å²) in [5.74, 6) is 0.650. The number of carbonyl (C=O) groups excluding carboxylic acids is 2. The number of aryl methyl sites for hydroxylation is 3. The molecular weight excluding hydrogens is 632 g/mol. The van der Waals surface area contributed by atoms with Crippen LogP contribution in [0, 0.1) is 20.8 Å². The first-order valence-electron chi connectivity index (χ1n) is 14.6. The van der Waals surface area contributed by atoms with Gasteiger partial charge >= 0.3 is 6.03 Å². The molecule has 0 spiro atoms. The molecule has 9 nitrogen and oxygen atoms in total. The number of ether oxygens (including phenoxy) is 1. The van der Waals surface area contributed by atoms with Gasteiger partial charge in [0.2, 0.25) is 15.9 Å². The number of nitrogens with zero attached hydrogens (tertiary/aromatic N) is 2. The van der Waals surface area contributed by atoms with E-state index in [0.717, 1.165) is 52.5 Å². The highest BCUT2D eigenvalue weighted by atomic mass is 79.9. The molecule has 2 fully saturated rings. The SMILES string of the molecule is Cc1cccc(Oc2ccc(S(=O)(=O)N3CCCCC3)cc2NC(=O)NC2CCCN(c3c(C)cc(Br)cc3C)C2=O)c1. The van der Waals surface area contributed by atoms with Crippen molar-refractivity contribution >= 4 is 49.3 Å². The van der Waals surface area contributed by atoms with E-state index in [0.29, 0.717) is 31.8 Å². The van der Waals surface area contributed by atoms with Crippen LogP contribution in [0.2, 0.25) is 0 Å². The van der Waals surface area contributed by atoms with Gasteiger partial charge < -0.3 is 20.3 Å². The summed E-state index contributed by atoms with van der Waals surface area (Å²) in [5.41, 5.74) is 3.97. The summed E-state index contributed by atoms with van der Waals surface area (Å²) in [6.45, 7) is 7.35.